The van der Waals surface area contributed by atoms with Gasteiger partial charge in [0.1, 0.15) is 0 Å². The Kier molecular flexibility index (Phi) is 3.16. The summed E-state index contributed by atoms with van der Waals surface area (Å²) in [6.07, 6.45) is 1.36. The molecular formula is C8H17NO. The summed E-state index contributed by atoms with van der Waals surface area (Å²) >= 11 is 0. The van der Waals surface area contributed by atoms with Gasteiger partial charge in [0.15, 0.2) is 0 Å². The smallest absolute Gasteiger partial charge is 0.0589 e. The van der Waals surface area contributed by atoms with Crippen molar-refractivity contribution >= 4 is 0 Å². The molecule has 1 rings (SSSR count). The van der Waals surface area contributed by atoms with Gasteiger partial charge in [-0.05, 0) is 18.9 Å². The van der Waals surface area contributed by atoms with Crippen LogP contribution in [0.2, 0.25) is 0 Å². The molecule has 60 valence electrons. The number of nitrogens with zero attached hydrogens (tertiary/aromatic N) is 1. The number of hydrogen-bond acceptors (Lipinski definition) is 2. The van der Waals surface area contributed by atoms with Crippen LogP contribution < -0.4 is 0 Å². The first-order valence-corrected chi connectivity index (χ1v) is 4.04. The van der Waals surface area contributed by atoms with E-state index in [4.69, 9.17) is 4.74 Å². The second-order valence-electron chi connectivity index (χ2n) is 3.19. The van der Waals surface area contributed by atoms with Crippen LogP contribution >= 0.6 is 0 Å². The summed E-state index contributed by atoms with van der Waals surface area (Å²) in [6, 6.07) is 0. The van der Waals surface area contributed by atoms with E-state index in [9.17, 15) is 0 Å². The van der Waals surface area contributed by atoms with Gasteiger partial charge in [0, 0.05) is 20.2 Å². The Morgan fingerprint density at radius 3 is 2.90 bits per heavy atom. The molecule has 2 nitrogen and oxygen atoms in total. The third-order valence-corrected chi connectivity index (χ3v) is 2.12. The minimum absolute atomic E-state index is 0.882. The third-order valence-electron chi connectivity index (χ3n) is 2.12. The number of rotatable bonds is 3. The van der Waals surface area contributed by atoms with Crippen molar-refractivity contribution in [1.29, 1.82) is 0 Å². The highest BCUT2D eigenvalue weighted by atomic mass is 16.5. The van der Waals surface area contributed by atoms with Gasteiger partial charge in [0.25, 0.3) is 0 Å². The molecule has 1 atom stereocenters. The molecule has 1 fully saturated rings. The van der Waals surface area contributed by atoms with E-state index in [1.807, 2.05) is 0 Å². The molecule has 1 aliphatic heterocycles. The molecule has 0 N–H and O–H groups in total. The first-order valence-electron chi connectivity index (χ1n) is 4.04. The van der Waals surface area contributed by atoms with E-state index in [-0.39, 0.29) is 0 Å². The van der Waals surface area contributed by atoms with Crippen molar-refractivity contribution in [2.75, 3.05) is 33.4 Å². The van der Waals surface area contributed by atoms with Gasteiger partial charge in [-0.1, -0.05) is 6.92 Å². The summed E-state index contributed by atoms with van der Waals surface area (Å²) in [5.74, 6) is 0.900. The Balaban J connectivity index is 2.06. The summed E-state index contributed by atoms with van der Waals surface area (Å²) in [5.41, 5.74) is 0. The van der Waals surface area contributed by atoms with Gasteiger partial charge in [-0.25, -0.2) is 0 Å². The van der Waals surface area contributed by atoms with Crippen molar-refractivity contribution in [1.82, 2.24) is 4.90 Å². The van der Waals surface area contributed by atoms with Gasteiger partial charge in [-0.3, -0.25) is 0 Å². The third kappa shape index (κ3) is 2.27. The van der Waals surface area contributed by atoms with E-state index < -0.39 is 0 Å². The summed E-state index contributed by atoms with van der Waals surface area (Å²) in [5, 5.41) is 0. The Bertz CT molecular complexity index is 95.3. The lowest BCUT2D eigenvalue weighted by Crippen LogP contribution is -2.24. The summed E-state index contributed by atoms with van der Waals surface area (Å²) in [7, 11) is 1.76. The number of hydrogen-bond donors (Lipinski definition) is 0. The zero-order chi connectivity index (χ0) is 7.40. The van der Waals surface area contributed by atoms with Gasteiger partial charge in [-0.15, -0.1) is 0 Å². The van der Waals surface area contributed by atoms with Crippen LogP contribution in [0.3, 0.4) is 0 Å². The molecule has 0 aromatic heterocycles. The van der Waals surface area contributed by atoms with Gasteiger partial charge < -0.3 is 9.64 Å². The quantitative estimate of drug-likeness (QED) is 0.584. The van der Waals surface area contributed by atoms with Crippen LogP contribution in [-0.4, -0.2) is 38.3 Å². The predicted molar refractivity (Wildman–Crippen MR) is 42.1 cm³/mol. The lowest BCUT2D eigenvalue weighted by Gasteiger charge is -2.13. The van der Waals surface area contributed by atoms with E-state index >= 15 is 0 Å². The predicted octanol–water partition coefficient (Wildman–Crippen LogP) is 0.975. The highest BCUT2D eigenvalue weighted by Gasteiger charge is 2.17. The Morgan fingerprint density at radius 1 is 1.60 bits per heavy atom. The molecule has 0 aromatic carbocycles. The maximum absolute atomic E-state index is 5.00. The second kappa shape index (κ2) is 3.94. The highest BCUT2D eigenvalue weighted by molar-refractivity contribution is 4.71. The molecule has 0 bridgehead atoms. The fraction of sp³-hybridized carbons (Fsp3) is 1.00. The highest BCUT2D eigenvalue weighted by Crippen LogP contribution is 2.13. The molecule has 0 aliphatic carbocycles. The van der Waals surface area contributed by atoms with Gasteiger partial charge in [-0.2, -0.15) is 0 Å². The maximum atomic E-state index is 5.00. The molecule has 2 heteroatoms. The van der Waals surface area contributed by atoms with E-state index in [0.29, 0.717) is 0 Å². The Hall–Kier alpha value is -0.0800. The summed E-state index contributed by atoms with van der Waals surface area (Å²) in [6.45, 7) is 6.84. The minimum atomic E-state index is 0.882. The van der Waals surface area contributed by atoms with Crippen LogP contribution in [0.1, 0.15) is 13.3 Å². The number of methoxy groups -OCH3 is 1. The first kappa shape index (κ1) is 8.02. The normalized spacial score (nSPS) is 27.6. The molecule has 1 saturated heterocycles. The van der Waals surface area contributed by atoms with Crippen LogP contribution in [0, 0.1) is 5.92 Å². The zero-order valence-corrected chi connectivity index (χ0v) is 6.97. The van der Waals surface area contributed by atoms with Crippen molar-refractivity contribution in [2.45, 2.75) is 13.3 Å². The van der Waals surface area contributed by atoms with Crippen LogP contribution in [0.5, 0.6) is 0 Å². The fourth-order valence-corrected chi connectivity index (χ4v) is 1.45. The molecule has 1 aliphatic rings. The summed E-state index contributed by atoms with van der Waals surface area (Å²) < 4.78 is 5.00. The molecule has 1 heterocycles. The van der Waals surface area contributed by atoms with Crippen molar-refractivity contribution in [3.8, 4) is 0 Å². The van der Waals surface area contributed by atoms with Crippen molar-refractivity contribution in [3.05, 3.63) is 0 Å². The summed E-state index contributed by atoms with van der Waals surface area (Å²) in [4.78, 5) is 2.47. The average molecular weight is 143 g/mol. The number of ether oxygens (including phenoxy) is 1. The molecule has 0 unspecified atom stereocenters. The molecule has 0 amide bonds. The maximum Gasteiger partial charge on any atom is 0.0589 e. The van der Waals surface area contributed by atoms with Crippen LogP contribution in [0.25, 0.3) is 0 Å². The largest absolute Gasteiger partial charge is 0.383 e. The fourth-order valence-electron chi connectivity index (χ4n) is 1.45. The first-order chi connectivity index (χ1) is 4.83. The van der Waals surface area contributed by atoms with Gasteiger partial charge >= 0.3 is 0 Å². The molecule has 0 saturated carbocycles. The van der Waals surface area contributed by atoms with Crippen LogP contribution in [0.4, 0.5) is 0 Å². The molecular weight excluding hydrogens is 126 g/mol. The standard InChI is InChI=1S/C8H17NO/c1-8-3-4-9(7-8)5-6-10-2/h8H,3-7H2,1-2H3/t8-/m1/s1. The molecule has 0 radical (unpaired) electrons. The lowest BCUT2D eigenvalue weighted by molar-refractivity contribution is 0.159. The molecule has 0 aromatic rings. The zero-order valence-electron chi connectivity index (χ0n) is 6.97. The second-order valence-corrected chi connectivity index (χ2v) is 3.19. The van der Waals surface area contributed by atoms with E-state index in [2.05, 4.69) is 11.8 Å². The molecule has 10 heavy (non-hydrogen) atoms. The Labute approximate surface area is 63.2 Å². The van der Waals surface area contributed by atoms with Crippen LogP contribution in [-0.2, 0) is 4.74 Å². The number of likely N-dealkylation sites (tertiary alicyclic amines) is 1. The monoisotopic (exact) mass is 143 g/mol. The minimum Gasteiger partial charge on any atom is -0.383 e. The van der Waals surface area contributed by atoms with E-state index in [1.165, 1.54) is 19.5 Å². The van der Waals surface area contributed by atoms with Crippen molar-refractivity contribution < 1.29 is 4.74 Å². The van der Waals surface area contributed by atoms with Crippen LogP contribution in [0.15, 0.2) is 0 Å². The van der Waals surface area contributed by atoms with E-state index in [1.54, 1.807) is 7.11 Å². The van der Waals surface area contributed by atoms with Gasteiger partial charge in [0.2, 0.25) is 0 Å². The molecule has 0 spiro atoms. The SMILES string of the molecule is COCCN1CC[C@@H](C)C1. The Morgan fingerprint density at radius 2 is 2.40 bits per heavy atom. The van der Waals surface area contributed by atoms with E-state index in [0.717, 1.165) is 19.1 Å². The van der Waals surface area contributed by atoms with Crippen molar-refractivity contribution in [2.24, 2.45) is 5.92 Å². The topological polar surface area (TPSA) is 12.5 Å². The van der Waals surface area contributed by atoms with Crippen molar-refractivity contribution in [3.63, 3.8) is 0 Å². The average Bonchev–Trinajstić information content (AvgIpc) is 2.31. The van der Waals surface area contributed by atoms with Gasteiger partial charge in [0.05, 0.1) is 6.61 Å². The lowest BCUT2D eigenvalue weighted by atomic mass is 10.2.